The lowest BCUT2D eigenvalue weighted by molar-refractivity contribution is 0.0194. The van der Waals surface area contributed by atoms with Crippen LogP contribution in [0.25, 0.3) is 0 Å². The quantitative estimate of drug-likeness (QED) is 0.381. The summed E-state index contributed by atoms with van der Waals surface area (Å²) in [6.07, 6.45) is 10.1. The Morgan fingerprint density at radius 2 is 1.31 bits per heavy atom. The van der Waals surface area contributed by atoms with E-state index in [1.54, 1.807) is 0 Å². The van der Waals surface area contributed by atoms with Gasteiger partial charge in [0.2, 0.25) is 9.84 Å². The average Bonchev–Trinajstić information content (AvgIpc) is 3.42. The topological polar surface area (TPSA) is 127 Å². The van der Waals surface area contributed by atoms with E-state index < -0.39 is 21.8 Å². The van der Waals surface area contributed by atoms with Crippen molar-refractivity contribution in [3.8, 4) is 11.5 Å². The number of sulfone groups is 1. The fourth-order valence-corrected chi connectivity index (χ4v) is 5.97. The summed E-state index contributed by atoms with van der Waals surface area (Å²) in [5, 5.41) is 19.1. The number of esters is 2. The zero-order valence-electron chi connectivity index (χ0n) is 19.4. The van der Waals surface area contributed by atoms with E-state index in [1.807, 2.05) is 0 Å². The van der Waals surface area contributed by atoms with Gasteiger partial charge in [0.1, 0.15) is 34.2 Å². The fourth-order valence-electron chi connectivity index (χ4n) is 4.57. The molecule has 2 saturated carbocycles. The molecule has 0 spiro atoms. The number of carbonyl (C=O) groups excluding carboxylic acids is 2. The van der Waals surface area contributed by atoms with Crippen LogP contribution in [0.4, 0.5) is 0 Å². The summed E-state index contributed by atoms with van der Waals surface area (Å²) in [5.41, 5.74) is 0.358. The number of phenolic OH excluding ortho intramolecular Hbond substituents is 2. The van der Waals surface area contributed by atoms with Gasteiger partial charge in [-0.15, -0.1) is 0 Å². The molecule has 1 aliphatic heterocycles. The molecule has 0 bridgehead atoms. The first-order chi connectivity index (χ1) is 16.8. The van der Waals surface area contributed by atoms with Gasteiger partial charge in [0, 0.05) is 0 Å². The van der Waals surface area contributed by atoms with E-state index in [1.165, 1.54) is 49.2 Å². The monoisotopic (exact) mass is 502 g/mol. The molecular weight excluding hydrogens is 472 g/mol. The van der Waals surface area contributed by atoms with E-state index in [4.69, 9.17) is 14.6 Å². The number of phenols is 2. The van der Waals surface area contributed by atoms with Gasteiger partial charge in [-0.05, 0) is 81.7 Å². The van der Waals surface area contributed by atoms with Crippen molar-refractivity contribution >= 4 is 21.8 Å². The number of fused-ring (bicyclic) bond motifs is 1. The summed E-state index contributed by atoms with van der Waals surface area (Å²) in [4.78, 5) is 24.8. The molecule has 188 valence electrons. The van der Waals surface area contributed by atoms with Crippen molar-refractivity contribution in [2.24, 2.45) is 0 Å². The Balaban J connectivity index is 0.000000239. The molecule has 8 nitrogen and oxygen atoms in total. The van der Waals surface area contributed by atoms with Crippen molar-refractivity contribution in [3.05, 3.63) is 47.5 Å². The molecule has 2 aromatic carbocycles. The van der Waals surface area contributed by atoms with Gasteiger partial charge in [-0.3, -0.25) is 0 Å². The lowest BCUT2D eigenvalue weighted by atomic mass is 9.97. The Morgan fingerprint density at radius 3 is 1.83 bits per heavy atom. The van der Waals surface area contributed by atoms with E-state index in [9.17, 15) is 23.1 Å². The molecule has 0 radical (unpaired) electrons. The maximum Gasteiger partial charge on any atom is 0.342 e. The van der Waals surface area contributed by atoms with Crippen LogP contribution in [0.5, 0.6) is 11.5 Å². The number of hydrogen-bond donors (Lipinski definition) is 2. The van der Waals surface area contributed by atoms with Gasteiger partial charge in [-0.25, -0.2) is 18.0 Å². The standard InChI is InChI=1S/C20H26O5.C6H4O3S/c21-18-13-14(19(22)24-15-7-3-1-4-8-15)11-12-17(18)20(23)25-16-9-5-2-6-10-16;7-4-2-1-3-5-6(4)10(5,8)9/h11-13,15-16,21H,1-10H2;1-3,7H. The molecule has 5 rings (SSSR count). The molecule has 0 amide bonds. The van der Waals surface area contributed by atoms with Crippen LogP contribution in [0.2, 0.25) is 0 Å². The van der Waals surface area contributed by atoms with Gasteiger partial charge in [-0.2, -0.15) is 0 Å². The van der Waals surface area contributed by atoms with Crippen LogP contribution in [-0.2, 0) is 19.3 Å². The number of aromatic hydroxyl groups is 2. The van der Waals surface area contributed by atoms with Gasteiger partial charge in [0.25, 0.3) is 0 Å². The van der Waals surface area contributed by atoms with Crippen LogP contribution in [0.1, 0.15) is 84.9 Å². The summed E-state index contributed by atoms with van der Waals surface area (Å²) in [6, 6.07) is 8.61. The van der Waals surface area contributed by atoms with Gasteiger partial charge >= 0.3 is 11.9 Å². The smallest absolute Gasteiger partial charge is 0.342 e. The highest BCUT2D eigenvalue weighted by Gasteiger charge is 2.42. The highest BCUT2D eigenvalue weighted by molar-refractivity contribution is 7.97. The molecule has 0 saturated heterocycles. The zero-order chi connectivity index (χ0) is 25.0. The maximum absolute atomic E-state index is 12.2. The van der Waals surface area contributed by atoms with Crippen molar-refractivity contribution in [2.75, 3.05) is 0 Å². The summed E-state index contributed by atoms with van der Waals surface area (Å²) < 4.78 is 32.5. The zero-order valence-corrected chi connectivity index (χ0v) is 20.3. The second-order valence-electron chi connectivity index (χ2n) is 9.17. The summed E-state index contributed by atoms with van der Waals surface area (Å²) in [6.45, 7) is 0. The predicted octanol–water partition coefficient (Wildman–Crippen LogP) is 4.91. The molecule has 3 aliphatic rings. The van der Waals surface area contributed by atoms with Gasteiger partial charge < -0.3 is 19.7 Å². The highest BCUT2D eigenvalue weighted by atomic mass is 32.2. The minimum absolute atomic E-state index is 0.0423. The Hall–Kier alpha value is -3.07. The van der Waals surface area contributed by atoms with E-state index in [2.05, 4.69) is 0 Å². The second kappa shape index (κ2) is 10.7. The third-order valence-corrected chi connectivity index (χ3v) is 8.26. The molecular formula is C26H30O8S. The molecule has 2 aromatic rings. The largest absolute Gasteiger partial charge is 0.507 e. The van der Waals surface area contributed by atoms with E-state index >= 15 is 0 Å². The lowest BCUT2D eigenvalue weighted by Gasteiger charge is -2.22. The number of hydrogen-bond acceptors (Lipinski definition) is 8. The van der Waals surface area contributed by atoms with Crippen LogP contribution in [0.3, 0.4) is 0 Å². The molecule has 1 heterocycles. The third-order valence-electron chi connectivity index (χ3n) is 6.58. The Labute approximate surface area is 204 Å². The van der Waals surface area contributed by atoms with Crippen LogP contribution in [0, 0.1) is 0 Å². The first-order valence-electron chi connectivity index (χ1n) is 12.1. The van der Waals surface area contributed by atoms with E-state index in [0.29, 0.717) is 0 Å². The fraction of sp³-hybridized carbons (Fsp3) is 0.462. The van der Waals surface area contributed by atoms with Crippen LogP contribution >= 0.6 is 0 Å². The summed E-state index contributed by atoms with van der Waals surface area (Å²) >= 11 is 0. The number of benzene rings is 2. The van der Waals surface area contributed by atoms with E-state index in [0.717, 1.165) is 51.4 Å². The average molecular weight is 503 g/mol. The minimum Gasteiger partial charge on any atom is -0.507 e. The predicted molar refractivity (Wildman–Crippen MR) is 126 cm³/mol. The number of carbonyl (C=O) groups is 2. The molecule has 2 fully saturated rings. The normalized spacial score (nSPS) is 19.0. The van der Waals surface area contributed by atoms with Gasteiger partial charge in [0.05, 0.1) is 10.5 Å². The van der Waals surface area contributed by atoms with Crippen molar-refractivity contribution in [1.29, 1.82) is 0 Å². The Bertz CT molecular complexity index is 1190. The highest BCUT2D eigenvalue weighted by Crippen LogP contribution is 2.45. The molecule has 9 heteroatoms. The summed E-state index contributed by atoms with van der Waals surface area (Å²) in [5.74, 6) is -1.36. The van der Waals surface area contributed by atoms with Crippen molar-refractivity contribution in [1.82, 2.24) is 0 Å². The SMILES string of the molecule is O=C(OC1CCCCC1)c1ccc(C(=O)OC2CCCCC2)c(O)c1.O=S1(=O)c2cccc(O)c21. The van der Waals surface area contributed by atoms with E-state index in [-0.39, 0.29) is 44.6 Å². The van der Waals surface area contributed by atoms with Crippen LogP contribution in [0.15, 0.2) is 46.2 Å². The maximum atomic E-state index is 12.2. The van der Waals surface area contributed by atoms with Gasteiger partial charge in [0.15, 0.2) is 0 Å². The van der Waals surface area contributed by atoms with Crippen molar-refractivity contribution in [2.45, 2.75) is 86.2 Å². The van der Waals surface area contributed by atoms with Gasteiger partial charge in [-0.1, -0.05) is 18.9 Å². The first kappa shape index (κ1) is 25.0. The molecule has 0 aromatic heterocycles. The summed E-state index contributed by atoms with van der Waals surface area (Å²) in [7, 11) is -3.16. The van der Waals surface area contributed by atoms with Crippen molar-refractivity contribution in [3.63, 3.8) is 0 Å². The minimum atomic E-state index is -3.16. The third kappa shape index (κ3) is 5.96. The number of rotatable bonds is 4. The number of ether oxygens (including phenoxy) is 2. The van der Waals surface area contributed by atoms with Crippen LogP contribution < -0.4 is 0 Å². The Morgan fingerprint density at radius 1 is 0.743 bits per heavy atom. The first-order valence-corrected chi connectivity index (χ1v) is 13.6. The molecule has 0 unspecified atom stereocenters. The van der Waals surface area contributed by atoms with Crippen LogP contribution in [-0.4, -0.2) is 42.8 Å². The Kier molecular flexibility index (Phi) is 7.64. The lowest BCUT2D eigenvalue weighted by Crippen LogP contribution is -2.22. The molecule has 2 aliphatic carbocycles. The second-order valence-corrected chi connectivity index (χ2v) is 11.0. The molecule has 2 N–H and O–H groups in total. The molecule has 0 atom stereocenters. The molecule has 35 heavy (non-hydrogen) atoms. The van der Waals surface area contributed by atoms with Crippen molar-refractivity contribution < 1.29 is 37.7 Å².